The van der Waals surface area contributed by atoms with Crippen LogP contribution in [-0.2, 0) is 9.59 Å². The number of carboxylic acid groups (broad SMARTS) is 2. The zero-order chi connectivity index (χ0) is 24.8. The van der Waals surface area contributed by atoms with Gasteiger partial charge in [-0.15, -0.1) is 10.5 Å². The van der Waals surface area contributed by atoms with Gasteiger partial charge in [-0.05, 0) is 35.4 Å². The van der Waals surface area contributed by atoms with Gasteiger partial charge >= 0.3 is 0 Å². The summed E-state index contributed by atoms with van der Waals surface area (Å²) in [4.78, 5) is 23.6. The van der Waals surface area contributed by atoms with Gasteiger partial charge in [0, 0.05) is 22.3 Å². The highest BCUT2D eigenvalue weighted by Crippen LogP contribution is 2.34. The average Bonchev–Trinajstić information content (AvgIpc) is 2.81. The fraction of sp³-hybridized carbons (Fsp3) is 0. The molecule has 3 aromatic rings. The van der Waals surface area contributed by atoms with E-state index in [0.717, 1.165) is 24.3 Å². The van der Waals surface area contributed by atoms with E-state index in [1.807, 2.05) is 0 Å². The summed E-state index contributed by atoms with van der Waals surface area (Å²) in [6.07, 6.45) is 2.14. The van der Waals surface area contributed by atoms with Gasteiger partial charge < -0.3 is 19.8 Å². The molecule has 0 heterocycles. The lowest BCUT2D eigenvalue weighted by Gasteiger charge is -2.20. The maximum atomic E-state index is 11.8. The number of hydrogen-bond acceptors (Lipinski definition) is 10. The second-order valence-electron chi connectivity index (χ2n) is 6.97. The Labute approximate surface area is 193 Å². The lowest BCUT2D eigenvalue weighted by atomic mass is 9.97. The van der Waals surface area contributed by atoms with Gasteiger partial charge in [0.15, 0.2) is 0 Å². The number of carboxylic acids is 2. The van der Waals surface area contributed by atoms with Crippen LogP contribution in [-0.4, -0.2) is 32.8 Å². The quantitative estimate of drug-likeness (QED) is 0.218. The first-order valence-electron chi connectivity index (χ1n) is 9.69. The predicted molar refractivity (Wildman–Crippen MR) is 117 cm³/mol. The van der Waals surface area contributed by atoms with Crippen molar-refractivity contribution in [3.05, 3.63) is 95.1 Å². The van der Waals surface area contributed by atoms with Crippen molar-refractivity contribution in [3.63, 3.8) is 0 Å². The Kier molecular flexibility index (Phi) is 7.41. The number of anilines is 2. The smallest absolute Gasteiger partial charge is 0.104 e. The molecular weight excluding hydrogens is 444 g/mol. The summed E-state index contributed by atoms with van der Waals surface area (Å²) in [5.41, 5.74) is -1.25. The van der Waals surface area contributed by atoms with E-state index < -0.39 is 23.3 Å². The molecule has 0 aliphatic heterocycles. The number of carbonyl (C=O) groups excluding carboxylic acids is 2. The van der Waals surface area contributed by atoms with Crippen LogP contribution in [0.15, 0.2) is 72.8 Å². The van der Waals surface area contributed by atoms with Crippen molar-refractivity contribution < 1.29 is 40.6 Å². The van der Waals surface area contributed by atoms with E-state index in [4.69, 9.17) is 0 Å². The van der Waals surface area contributed by atoms with Gasteiger partial charge in [0.05, 0.1) is 11.9 Å². The maximum Gasteiger partial charge on any atom is 0.104 e. The molecular formula is C24H18N2O8-2. The Morgan fingerprint density at radius 3 is 1.26 bits per heavy atom. The first-order chi connectivity index (χ1) is 16.2. The molecule has 10 nitrogen and oxygen atoms in total. The Morgan fingerprint density at radius 2 is 0.971 bits per heavy atom. The summed E-state index contributed by atoms with van der Waals surface area (Å²) in [6, 6.07) is 17.7. The van der Waals surface area contributed by atoms with E-state index in [9.17, 15) is 40.6 Å². The molecule has 0 fully saturated rings. The van der Waals surface area contributed by atoms with Crippen molar-refractivity contribution in [3.8, 4) is 0 Å². The number of aliphatic carboxylic acids is 2. The van der Waals surface area contributed by atoms with Crippen molar-refractivity contribution in [2.75, 3.05) is 10.5 Å². The molecule has 10 heteroatoms. The highest BCUT2D eigenvalue weighted by atomic mass is 16.8. The first kappa shape index (κ1) is 24.2. The van der Waals surface area contributed by atoms with Crippen molar-refractivity contribution >= 4 is 46.6 Å². The highest BCUT2D eigenvalue weighted by Gasteiger charge is 2.17. The minimum Gasteiger partial charge on any atom is -0.545 e. The molecule has 0 aliphatic rings. The number of nitrogens with zero attached hydrogens (tertiary/aromatic N) is 2. The molecule has 0 saturated heterocycles. The molecule has 0 unspecified atom stereocenters. The standard InChI is InChI=1S/C24H20N2O8/c27-23(28)19(15-7-3-1-4-8-15)12-17-11-18(22(26(33)34)14-21(17)25(31)32)13-20(24(29)30)16-9-5-2-6-10-16/h1-14,31-34H,(H,27,28)(H,29,30)/p-2. The molecule has 3 aromatic carbocycles. The van der Waals surface area contributed by atoms with Crippen LogP contribution in [0.5, 0.6) is 0 Å². The molecule has 0 spiro atoms. The molecule has 0 aromatic heterocycles. The van der Waals surface area contributed by atoms with Crippen LogP contribution in [0.4, 0.5) is 11.4 Å². The highest BCUT2D eigenvalue weighted by molar-refractivity contribution is 6.21. The van der Waals surface area contributed by atoms with Crippen LogP contribution in [0.25, 0.3) is 23.3 Å². The van der Waals surface area contributed by atoms with Crippen LogP contribution in [0.2, 0.25) is 0 Å². The number of carbonyl (C=O) groups is 2. The maximum absolute atomic E-state index is 11.8. The lowest BCUT2D eigenvalue weighted by Crippen LogP contribution is -2.24. The van der Waals surface area contributed by atoms with E-state index in [1.165, 1.54) is 24.3 Å². The zero-order valence-corrected chi connectivity index (χ0v) is 17.4. The summed E-state index contributed by atoms with van der Waals surface area (Å²) in [5.74, 6) is -3.13. The van der Waals surface area contributed by atoms with Gasteiger partial charge in [-0.3, -0.25) is 20.8 Å². The molecule has 0 amide bonds. The Hall–Kier alpha value is -4.48. The van der Waals surface area contributed by atoms with Crippen LogP contribution in [0.3, 0.4) is 0 Å². The van der Waals surface area contributed by atoms with Crippen LogP contribution in [0, 0.1) is 0 Å². The monoisotopic (exact) mass is 462 g/mol. The number of hydrogen-bond donors (Lipinski definition) is 4. The van der Waals surface area contributed by atoms with Crippen molar-refractivity contribution in [1.29, 1.82) is 0 Å². The van der Waals surface area contributed by atoms with Crippen LogP contribution < -0.4 is 20.7 Å². The van der Waals surface area contributed by atoms with Crippen molar-refractivity contribution in [1.82, 2.24) is 0 Å². The van der Waals surface area contributed by atoms with Gasteiger partial charge in [0.2, 0.25) is 0 Å². The number of benzene rings is 3. The molecule has 174 valence electrons. The molecule has 0 bridgehead atoms. The molecule has 34 heavy (non-hydrogen) atoms. The van der Waals surface area contributed by atoms with Gasteiger partial charge in [-0.25, -0.2) is 0 Å². The van der Waals surface area contributed by atoms with Gasteiger partial charge in [-0.1, -0.05) is 60.7 Å². The van der Waals surface area contributed by atoms with Gasteiger partial charge in [-0.2, -0.15) is 0 Å². The zero-order valence-electron chi connectivity index (χ0n) is 17.4. The van der Waals surface area contributed by atoms with Crippen molar-refractivity contribution in [2.24, 2.45) is 0 Å². The Morgan fingerprint density at radius 1 is 0.618 bits per heavy atom. The topological polar surface area (TPSA) is 168 Å². The minimum absolute atomic E-state index is 0.115. The third-order valence-electron chi connectivity index (χ3n) is 4.82. The van der Waals surface area contributed by atoms with Crippen molar-refractivity contribution in [2.45, 2.75) is 0 Å². The minimum atomic E-state index is -1.56. The third-order valence-corrected chi connectivity index (χ3v) is 4.82. The molecule has 0 radical (unpaired) electrons. The predicted octanol–water partition coefficient (Wildman–Crippen LogP) is 1.44. The molecule has 3 rings (SSSR count). The third kappa shape index (κ3) is 5.46. The van der Waals surface area contributed by atoms with Crippen LogP contribution >= 0.6 is 0 Å². The second-order valence-corrected chi connectivity index (χ2v) is 6.97. The van der Waals surface area contributed by atoms with Gasteiger partial charge in [0.25, 0.3) is 0 Å². The Bertz CT molecular complexity index is 1160. The summed E-state index contributed by atoms with van der Waals surface area (Å²) in [5, 5.41) is 61.6. The molecule has 0 aliphatic carbocycles. The number of rotatable bonds is 8. The summed E-state index contributed by atoms with van der Waals surface area (Å²) < 4.78 is 0. The van der Waals surface area contributed by atoms with Gasteiger partial charge in [0.1, 0.15) is 11.4 Å². The second kappa shape index (κ2) is 10.4. The molecule has 0 atom stereocenters. The summed E-state index contributed by atoms with van der Waals surface area (Å²) >= 11 is 0. The fourth-order valence-corrected chi connectivity index (χ4v) is 3.26. The summed E-state index contributed by atoms with van der Waals surface area (Å²) in [6.45, 7) is 0. The molecule has 0 saturated carbocycles. The summed E-state index contributed by atoms with van der Waals surface area (Å²) in [7, 11) is 0. The van der Waals surface area contributed by atoms with E-state index in [2.05, 4.69) is 0 Å². The van der Waals surface area contributed by atoms with E-state index >= 15 is 0 Å². The SMILES string of the molecule is O=C([O-])C(=Cc1cc(C=C(C(=O)[O-])c2ccccc2)c(N(O)O)cc1N(O)O)c1ccccc1. The van der Waals surface area contributed by atoms with E-state index in [1.54, 1.807) is 36.4 Å². The average molecular weight is 462 g/mol. The largest absolute Gasteiger partial charge is 0.545 e. The van der Waals surface area contributed by atoms with Crippen LogP contribution in [0.1, 0.15) is 22.3 Å². The first-order valence-corrected chi connectivity index (χ1v) is 9.69. The lowest BCUT2D eigenvalue weighted by molar-refractivity contribution is -0.297. The fourth-order valence-electron chi connectivity index (χ4n) is 3.26. The normalized spacial score (nSPS) is 11.8. The molecule has 4 N–H and O–H groups in total. The van der Waals surface area contributed by atoms with E-state index in [-0.39, 0.29) is 43.9 Å². The Balaban J connectivity index is 2.30. The van der Waals surface area contributed by atoms with E-state index in [0.29, 0.717) is 0 Å².